The maximum absolute atomic E-state index is 12.6. The van der Waals surface area contributed by atoms with Crippen LogP contribution in [0.4, 0.5) is 5.69 Å². The third-order valence-corrected chi connectivity index (χ3v) is 6.84. The van der Waals surface area contributed by atoms with E-state index in [0.717, 1.165) is 42.9 Å². The standard InChI is InChI=1S/C27H35N3O2/c1-19(2)27(32)30-16-13-24-18-23(11-12-25(24)30)21-7-9-22(10-8-21)26(31)28-14-17-29-15-5-4-6-20(29)3/h7-12,18-20H,4-6,13-17H2,1-3H3,(H,28,31). The molecule has 1 atom stereocenters. The molecule has 5 heteroatoms. The smallest absolute Gasteiger partial charge is 0.251 e. The van der Waals surface area contributed by atoms with E-state index >= 15 is 0 Å². The predicted molar refractivity (Wildman–Crippen MR) is 130 cm³/mol. The van der Waals surface area contributed by atoms with E-state index in [1.807, 2.05) is 43.0 Å². The summed E-state index contributed by atoms with van der Waals surface area (Å²) in [5, 5.41) is 3.07. The van der Waals surface area contributed by atoms with Crippen molar-refractivity contribution >= 4 is 17.5 Å². The van der Waals surface area contributed by atoms with Crippen molar-refractivity contribution in [1.82, 2.24) is 10.2 Å². The van der Waals surface area contributed by atoms with E-state index < -0.39 is 0 Å². The third-order valence-electron chi connectivity index (χ3n) is 6.84. The Balaban J connectivity index is 1.36. The number of likely N-dealkylation sites (tertiary alicyclic amines) is 1. The summed E-state index contributed by atoms with van der Waals surface area (Å²) >= 11 is 0. The molecule has 2 aliphatic heterocycles. The van der Waals surface area contributed by atoms with Crippen LogP contribution in [-0.2, 0) is 11.2 Å². The lowest BCUT2D eigenvalue weighted by atomic mass is 10.0. The summed E-state index contributed by atoms with van der Waals surface area (Å²) in [4.78, 5) is 29.4. The van der Waals surface area contributed by atoms with Crippen molar-refractivity contribution in [3.05, 3.63) is 53.6 Å². The van der Waals surface area contributed by atoms with Crippen molar-refractivity contribution in [3.8, 4) is 11.1 Å². The van der Waals surface area contributed by atoms with Crippen molar-refractivity contribution in [2.75, 3.05) is 31.1 Å². The zero-order valence-corrected chi connectivity index (χ0v) is 19.6. The number of anilines is 1. The number of amides is 2. The summed E-state index contributed by atoms with van der Waals surface area (Å²) in [6, 6.07) is 14.7. The van der Waals surface area contributed by atoms with E-state index in [1.165, 1.54) is 24.8 Å². The summed E-state index contributed by atoms with van der Waals surface area (Å²) in [5.74, 6) is 0.169. The van der Waals surface area contributed by atoms with Gasteiger partial charge in [0.05, 0.1) is 0 Å². The normalized spacial score (nSPS) is 18.6. The first kappa shape index (κ1) is 22.5. The van der Waals surface area contributed by atoms with Crippen molar-refractivity contribution < 1.29 is 9.59 Å². The van der Waals surface area contributed by atoms with E-state index in [0.29, 0.717) is 18.2 Å². The molecule has 0 spiro atoms. The van der Waals surface area contributed by atoms with E-state index in [-0.39, 0.29) is 17.7 Å². The molecule has 0 aromatic heterocycles. The number of hydrogen-bond acceptors (Lipinski definition) is 3. The summed E-state index contributed by atoms with van der Waals surface area (Å²) < 4.78 is 0. The quantitative estimate of drug-likeness (QED) is 0.730. The van der Waals surface area contributed by atoms with Crippen LogP contribution < -0.4 is 10.2 Å². The molecular formula is C27H35N3O2. The van der Waals surface area contributed by atoms with Crippen LogP contribution in [0, 0.1) is 5.92 Å². The maximum atomic E-state index is 12.6. The first-order valence-electron chi connectivity index (χ1n) is 12.0. The van der Waals surface area contributed by atoms with Gasteiger partial charge in [0, 0.05) is 42.8 Å². The zero-order valence-electron chi connectivity index (χ0n) is 19.6. The van der Waals surface area contributed by atoms with E-state index in [2.05, 4.69) is 35.3 Å². The number of piperidine rings is 1. The number of nitrogens with zero attached hydrogens (tertiary/aromatic N) is 2. The second-order valence-electron chi connectivity index (χ2n) is 9.45. The SMILES string of the molecule is CC(C)C(=O)N1CCc2cc(-c3ccc(C(=O)NCCN4CCCCC4C)cc3)ccc21. The van der Waals surface area contributed by atoms with Gasteiger partial charge in [0.15, 0.2) is 0 Å². The molecule has 1 saturated heterocycles. The molecule has 2 heterocycles. The van der Waals surface area contributed by atoms with Gasteiger partial charge in [-0.05, 0) is 73.7 Å². The molecular weight excluding hydrogens is 398 g/mol. The summed E-state index contributed by atoms with van der Waals surface area (Å²) in [5.41, 5.74) is 5.14. The highest BCUT2D eigenvalue weighted by molar-refractivity contribution is 5.97. The van der Waals surface area contributed by atoms with Crippen LogP contribution in [0.2, 0.25) is 0 Å². The minimum atomic E-state index is -0.0157. The fraction of sp³-hybridized carbons (Fsp3) is 0.481. The number of fused-ring (bicyclic) bond motifs is 1. The largest absolute Gasteiger partial charge is 0.351 e. The van der Waals surface area contributed by atoms with Crippen molar-refractivity contribution in [1.29, 1.82) is 0 Å². The third kappa shape index (κ3) is 4.88. The van der Waals surface area contributed by atoms with Crippen molar-refractivity contribution in [3.63, 3.8) is 0 Å². The van der Waals surface area contributed by atoms with Gasteiger partial charge < -0.3 is 10.2 Å². The molecule has 2 aromatic rings. The fourth-order valence-corrected chi connectivity index (χ4v) is 4.84. The monoisotopic (exact) mass is 433 g/mol. The van der Waals surface area contributed by atoms with Crippen LogP contribution in [0.1, 0.15) is 56.0 Å². The average Bonchev–Trinajstić information content (AvgIpc) is 3.23. The molecule has 170 valence electrons. The Morgan fingerprint density at radius 2 is 1.78 bits per heavy atom. The van der Waals surface area contributed by atoms with E-state index in [4.69, 9.17) is 0 Å². The molecule has 1 N–H and O–H groups in total. The molecule has 2 amide bonds. The number of carbonyl (C=O) groups excluding carboxylic acids is 2. The highest BCUT2D eigenvalue weighted by Crippen LogP contribution is 2.33. The molecule has 0 bridgehead atoms. The Labute approximate surface area is 191 Å². The Bertz CT molecular complexity index is 967. The predicted octanol–water partition coefficient (Wildman–Crippen LogP) is 4.50. The number of nitrogens with one attached hydrogen (secondary N) is 1. The van der Waals surface area contributed by atoms with Gasteiger partial charge in [-0.3, -0.25) is 14.5 Å². The molecule has 1 fully saturated rings. The van der Waals surface area contributed by atoms with Gasteiger partial charge in [0.25, 0.3) is 5.91 Å². The molecule has 0 radical (unpaired) electrons. The van der Waals surface area contributed by atoms with Gasteiger partial charge in [-0.1, -0.05) is 38.5 Å². The van der Waals surface area contributed by atoms with Gasteiger partial charge in [-0.2, -0.15) is 0 Å². The molecule has 32 heavy (non-hydrogen) atoms. The first-order valence-corrected chi connectivity index (χ1v) is 12.0. The Morgan fingerprint density at radius 1 is 1.03 bits per heavy atom. The zero-order chi connectivity index (χ0) is 22.7. The minimum Gasteiger partial charge on any atom is -0.351 e. The lowest BCUT2D eigenvalue weighted by Gasteiger charge is -2.33. The highest BCUT2D eigenvalue weighted by Gasteiger charge is 2.26. The van der Waals surface area contributed by atoms with Gasteiger partial charge in [0.2, 0.25) is 5.91 Å². The second-order valence-corrected chi connectivity index (χ2v) is 9.45. The van der Waals surface area contributed by atoms with Crippen LogP contribution in [0.25, 0.3) is 11.1 Å². The topological polar surface area (TPSA) is 52.7 Å². The van der Waals surface area contributed by atoms with Crippen LogP contribution in [0.3, 0.4) is 0 Å². The van der Waals surface area contributed by atoms with Crippen LogP contribution in [0.15, 0.2) is 42.5 Å². The van der Waals surface area contributed by atoms with Crippen molar-refractivity contribution in [2.45, 2.75) is 52.5 Å². The van der Waals surface area contributed by atoms with Crippen LogP contribution >= 0.6 is 0 Å². The van der Waals surface area contributed by atoms with E-state index in [1.54, 1.807) is 0 Å². The number of benzene rings is 2. The minimum absolute atomic E-state index is 0.00238. The first-order chi connectivity index (χ1) is 15.4. The molecule has 1 unspecified atom stereocenters. The second kappa shape index (κ2) is 9.86. The lowest BCUT2D eigenvalue weighted by Crippen LogP contribution is -2.42. The van der Waals surface area contributed by atoms with Gasteiger partial charge in [-0.25, -0.2) is 0 Å². The number of carbonyl (C=O) groups is 2. The summed E-state index contributed by atoms with van der Waals surface area (Å²) in [6.45, 7) is 9.65. The van der Waals surface area contributed by atoms with Gasteiger partial charge >= 0.3 is 0 Å². The maximum Gasteiger partial charge on any atom is 0.251 e. The Hall–Kier alpha value is -2.66. The summed E-state index contributed by atoms with van der Waals surface area (Å²) in [6.07, 6.45) is 4.71. The number of rotatable bonds is 6. The van der Waals surface area contributed by atoms with Gasteiger partial charge in [0.1, 0.15) is 0 Å². The molecule has 4 rings (SSSR count). The molecule has 0 aliphatic carbocycles. The van der Waals surface area contributed by atoms with Crippen LogP contribution in [-0.4, -0.2) is 48.9 Å². The number of hydrogen-bond donors (Lipinski definition) is 1. The lowest BCUT2D eigenvalue weighted by molar-refractivity contribution is -0.121. The molecule has 0 saturated carbocycles. The van der Waals surface area contributed by atoms with E-state index in [9.17, 15) is 9.59 Å². The Morgan fingerprint density at radius 3 is 2.50 bits per heavy atom. The van der Waals surface area contributed by atoms with Crippen LogP contribution in [0.5, 0.6) is 0 Å². The fourth-order valence-electron chi connectivity index (χ4n) is 4.84. The summed E-state index contributed by atoms with van der Waals surface area (Å²) in [7, 11) is 0. The molecule has 5 nitrogen and oxygen atoms in total. The highest BCUT2D eigenvalue weighted by atomic mass is 16.2. The van der Waals surface area contributed by atoms with Crippen molar-refractivity contribution in [2.24, 2.45) is 5.92 Å². The molecule has 2 aromatic carbocycles. The van der Waals surface area contributed by atoms with Gasteiger partial charge in [-0.15, -0.1) is 0 Å². The molecule has 2 aliphatic rings. The average molecular weight is 434 g/mol. The Kier molecular flexibility index (Phi) is 6.95.